The van der Waals surface area contributed by atoms with Crippen LogP contribution in [0.3, 0.4) is 0 Å². The van der Waals surface area contributed by atoms with Gasteiger partial charge in [0, 0.05) is 11.6 Å². The molecule has 1 heterocycles. The molecule has 1 aliphatic rings. The van der Waals surface area contributed by atoms with Gasteiger partial charge in [-0.2, -0.15) is 0 Å². The van der Waals surface area contributed by atoms with Gasteiger partial charge in [-0.25, -0.2) is 0 Å². The van der Waals surface area contributed by atoms with Crippen LogP contribution in [0, 0.1) is 0 Å². The van der Waals surface area contributed by atoms with Crippen molar-refractivity contribution in [3.05, 3.63) is 28.8 Å². The van der Waals surface area contributed by atoms with Crippen LogP contribution >= 0.6 is 24.0 Å². The first-order valence-corrected chi connectivity index (χ1v) is 4.83. The summed E-state index contributed by atoms with van der Waals surface area (Å²) in [6.07, 6.45) is 1.12. The van der Waals surface area contributed by atoms with E-state index in [1.807, 2.05) is 6.07 Å². The summed E-state index contributed by atoms with van der Waals surface area (Å²) in [4.78, 5) is 0. The average Bonchev–Trinajstić information content (AvgIpc) is 2.53. The maximum Gasteiger partial charge on any atom is 0.117 e. The fourth-order valence-electron chi connectivity index (χ4n) is 1.77. The van der Waals surface area contributed by atoms with E-state index in [4.69, 9.17) is 11.6 Å². The van der Waals surface area contributed by atoms with Crippen LogP contribution in [-0.2, 0) is 0 Å². The molecular formula is C10H13Cl2NO. The molecular weight excluding hydrogens is 221 g/mol. The highest BCUT2D eigenvalue weighted by atomic mass is 35.5. The van der Waals surface area contributed by atoms with Gasteiger partial charge in [-0.15, -0.1) is 12.4 Å². The third-order valence-electron chi connectivity index (χ3n) is 2.44. The Morgan fingerprint density at radius 1 is 1.36 bits per heavy atom. The van der Waals surface area contributed by atoms with Crippen molar-refractivity contribution in [1.82, 2.24) is 5.32 Å². The summed E-state index contributed by atoms with van der Waals surface area (Å²) in [5.41, 5.74) is 1.13. The highest BCUT2D eigenvalue weighted by Crippen LogP contribution is 2.28. The van der Waals surface area contributed by atoms with Gasteiger partial charge in [0.2, 0.25) is 0 Å². The molecule has 2 N–H and O–H groups in total. The number of phenolic OH excluding ortho intramolecular Hbond substituents is 1. The van der Waals surface area contributed by atoms with E-state index < -0.39 is 0 Å². The lowest BCUT2D eigenvalue weighted by atomic mass is 9.98. The maximum atomic E-state index is 9.35. The lowest BCUT2D eigenvalue weighted by Crippen LogP contribution is -2.07. The van der Waals surface area contributed by atoms with Gasteiger partial charge < -0.3 is 10.4 Å². The number of halogens is 2. The highest BCUT2D eigenvalue weighted by Gasteiger charge is 2.17. The highest BCUT2D eigenvalue weighted by molar-refractivity contribution is 6.30. The van der Waals surface area contributed by atoms with Crippen molar-refractivity contribution in [1.29, 1.82) is 0 Å². The molecule has 0 bridgehead atoms. The normalized spacial score (nSPS) is 20.5. The minimum absolute atomic E-state index is 0. The molecule has 0 spiro atoms. The van der Waals surface area contributed by atoms with Crippen molar-refractivity contribution in [3.63, 3.8) is 0 Å². The van der Waals surface area contributed by atoms with Gasteiger partial charge in [0.25, 0.3) is 0 Å². The first-order chi connectivity index (χ1) is 6.25. The molecule has 0 aliphatic carbocycles. The van der Waals surface area contributed by atoms with Crippen LogP contribution in [0.1, 0.15) is 17.9 Å². The van der Waals surface area contributed by atoms with Crippen molar-refractivity contribution in [3.8, 4) is 5.75 Å². The first kappa shape index (κ1) is 11.6. The van der Waals surface area contributed by atoms with Crippen LogP contribution in [0.5, 0.6) is 5.75 Å². The molecule has 1 saturated heterocycles. The molecule has 78 valence electrons. The quantitative estimate of drug-likeness (QED) is 0.782. The van der Waals surface area contributed by atoms with Gasteiger partial charge in [0.05, 0.1) is 0 Å². The zero-order chi connectivity index (χ0) is 9.26. The van der Waals surface area contributed by atoms with Gasteiger partial charge in [0.1, 0.15) is 5.75 Å². The molecule has 1 fully saturated rings. The van der Waals surface area contributed by atoms with E-state index in [-0.39, 0.29) is 18.2 Å². The predicted molar refractivity (Wildman–Crippen MR) is 60.6 cm³/mol. The van der Waals surface area contributed by atoms with Gasteiger partial charge in [-0.3, -0.25) is 0 Å². The predicted octanol–water partition coefficient (Wildman–Crippen LogP) is 2.54. The van der Waals surface area contributed by atoms with Crippen molar-refractivity contribution in [2.24, 2.45) is 0 Å². The summed E-state index contributed by atoms with van der Waals surface area (Å²) >= 11 is 5.85. The lowest BCUT2D eigenvalue weighted by Gasteiger charge is -2.09. The average molecular weight is 234 g/mol. The Kier molecular flexibility index (Phi) is 4.05. The van der Waals surface area contributed by atoms with E-state index in [1.54, 1.807) is 12.1 Å². The maximum absolute atomic E-state index is 9.35. The van der Waals surface area contributed by atoms with Gasteiger partial charge >= 0.3 is 0 Å². The third-order valence-corrected chi connectivity index (χ3v) is 2.65. The first-order valence-electron chi connectivity index (χ1n) is 4.46. The van der Waals surface area contributed by atoms with E-state index in [0.717, 1.165) is 25.1 Å². The Bertz CT molecular complexity index is 291. The zero-order valence-electron chi connectivity index (χ0n) is 7.66. The number of phenols is 1. The van der Waals surface area contributed by atoms with E-state index in [9.17, 15) is 5.11 Å². The van der Waals surface area contributed by atoms with Crippen LogP contribution in [0.2, 0.25) is 5.02 Å². The number of rotatable bonds is 1. The Balaban J connectivity index is 0.000000980. The summed E-state index contributed by atoms with van der Waals surface area (Å²) < 4.78 is 0. The van der Waals surface area contributed by atoms with Crippen molar-refractivity contribution in [2.45, 2.75) is 12.3 Å². The van der Waals surface area contributed by atoms with E-state index in [1.165, 1.54) is 0 Å². The lowest BCUT2D eigenvalue weighted by molar-refractivity contribution is 0.474. The molecule has 1 atom stereocenters. The van der Waals surface area contributed by atoms with Crippen LogP contribution in [-0.4, -0.2) is 18.2 Å². The second-order valence-electron chi connectivity index (χ2n) is 3.43. The summed E-state index contributed by atoms with van der Waals surface area (Å²) in [7, 11) is 0. The molecule has 1 aliphatic heterocycles. The van der Waals surface area contributed by atoms with E-state index >= 15 is 0 Å². The molecule has 4 heteroatoms. The fraction of sp³-hybridized carbons (Fsp3) is 0.400. The summed E-state index contributed by atoms with van der Waals surface area (Å²) in [6, 6.07) is 5.29. The molecule has 1 unspecified atom stereocenters. The van der Waals surface area contributed by atoms with Crippen molar-refractivity contribution < 1.29 is 5.11 Å². The van der Waals surface area contributed by atoms with E-state index in [2.05, 4.69) is 5.32 Å². The van der Waals surface area contributed by atoms with Crippen LogP contribution < -0.4 is 5.32 Å². The smallest absolute Gasteiger partial charge is 0.117 e. The molecule has 2 rings (SSSR count). The molecule has 2 nitrogen and oxygen atoms in total. The minimum Gasteiger partial charge on any atom is -0.508 e. The van der Waals surface area contributed by atoms with Gasteiger partial charge in [-0.1, -0.05) is 11.6 Å². The van der Waals surface area contributed by atoms with E-state index in [0.29, 0.717) is 10.9 Å². The van der Waals surface area contributed by atoms with Crippen LogP contribution in [0.25, 0.3) is 0 Å². The molecule has 14 heavy (non-hydrogen) atoms. The Morgan fingerprint density at radius 2 is 2.14 bits per heavy atom. The summed E-state index contributed by atoms with van der Waals surface area (Å²) in [6.45, 7) is 2.04. The number of hydrogen-bond acceptors (Lipinski definition) is 2. The number of nitrogens with one attached hydrogen (secondary N) is 1. The molecule has 1 aromatic rings. The number of hydrogen-bond donors (Lipinski definition) is 2. The van der Waals surface area contributed by atoms with Gasteiger partial charge in [-0.05, 0) is 42.6 Å². The number of aromatic hydroxyl groups is 1. The molecule has 0 amide bonds. The largest absolute Gasteiger partial charge is 0.508 e. The summed E-state index contributed by atoms with van der Waals surface area (Å²) in [5, 5.41) is 13.2. The number of benzene rings is 1. The van der Waals surface area contributed by atoms with Crippen LogP contribution in [0.4, 0.5) is 0 Å². The molecule has 0 aromatic heterocycles. The zero-order valence-corrected chi connectivity index (χ0v) is 9.24. The SMILES string of the molecule is Cl.Oc1cc(Cl)cc(C2CCNC2)c1. The van der Waals surface area contributed by atoms with Crippen molar-refractivity contribution in [2.75, 3.05) is 13.1 Å². The topological polar surface area (TPSA) is 32.3 Å². The Morgan fingerprint density at radius 3 is 2.71 bits per heavy atom. The minimum atomic E-state index is 0. The summed E-state index contributed by atoms with van der Waals surface area (Å²) in [5.74, 6) is 0.763. The monoisotopic (exact) mass is 233 g/mol. The second-order valence-corrected chi connectivity index (χ2v) is 3.87. The standard InChI is InChI=1S/C10H12ClNO.ClH/c11-9-3-8(4-10(13)5-9)7-1-2-12-6-7;/h3-5,7,12-13H,1-2,6H2;1H. The second kappa shape index (κ2) is 4.87. The Hall–Kier alpha value is -0.440. The molecule has 1 aromatic carbocycles. The van der Waals surface area contributed by atoms with Crippen LogP contribution in [0.15, 0.2) is 18.2 Å². The Labute approximate surface area is 94.7 Å². The molecule has 0 saturated carbocycles. The van der Waals surface area contributed by atoms with Gasteiger partial charge in [0.15, 0.2) is 0 Å². The third kappa shape index (κ3) is 2.53. The fourth-order valence-corrected chi connectivity index (χ4v) is 2.01. The molecule has 0 radical (unpaired) electrons. The van der Waals surface area contributed by atoms with Crippen molar-refractivity contribution >= 4 is 24.0 Å².